The van der Waals surface area contributed by atoms with Crippen LogP contribution in [0.3, 0.4) is 0 Å². The number of rotatable bonds is 7. The summed E-state index contributed by atoms with van der Waals surface area (Å²) in [6, 6.07) is 18.7. The molecule has 3 aromatic rings. The maximum Gasteiger partial charge on any atom is 0.254 e. The summed E-state index contributed by atoms with van der Waals surface area (Å²) in [5, 5.41) is 0. The van der Waals surface area contributed by atoms with E-state index >= 15 is 0 Å². The number of carbonyl (C=O) groups excluding carboxylic acids is 2. The first-order valence-electron chi connectivity index (χ1n) is 10.9. The smallest absolute Gasteiger partial charge is 0.254 e. The van der Waals surface area contributed by atoms with E-state index in [4.69, 9.17) is 4.74 Å². The summed E-state index contributed by atoms with van der Waals surface area (Å²) < 4.78 is 32.9. The predicted molar refractivity (Wildman–Crippen MR) is 128 cm³/mol. The molecular weight excluding hydrogens is 452 g/mol. The average Bonchev–Trinajstić information content (AvgIpc) is 2.86. The molecule has 176 valence electrons. The summed E-state index contributed by atoms with van der Waals surface area (Å²) in [5.41, 5.74) is 4.05. The van der Waals surface area contributed by atoms with Gasteiger partial charge in [0.2, 0.25) is 10.0 Å². The fraction of sp³-hybridized carbons (Fsp3) is 0.231. The summed E-state index contributed by atoms with van der Waals surface area (Å²) in [7, 11) is -2.10. The Morgan fingerprint density at radius 2 is 1.62 bits per heavy atom. The molecule has 0 bridgehead atoms. The van der Waals surface area contributed by atoms with Crippen molar-refractivity contribution in [3.8, 4) is 5.75 Å². The Labute approximate surface area is 199 Å². The van der Waals surface area contributed by atoms with Gasteiger partial charge in [-0.15, -0.1) is 0 Å². The highest BCUT2D eigenvalue weighted by Crippen LogP contribution is 2.25. The number of ketones is 1. The van der Waals surface area contributed by atoms with E-state index in [1.54, 1.807) is 31.4 Å². The number of benzene rings is 3. The quantitative estimate of drug-likeness (QED) is 0.524. The van der Waals surface area contributed by atoms with E-state index in [2.05, 4.69) is 4.72 Å². The summed E-state index contributed by atoms with van der Waals surface area (Å²) in [4.78, 5) is 26.3. The van der Waals surface area contributed by atoms with Gasteiger partial charge in [-0.2, -0.15) is 0 Å². The van der Waals surface area contributed by atoms with Crippen molar-refractivity contribution in [2.75, 3.05) is 13.7 Å². The van der Waals surface area contributed by atoms with Crippen molar-refractivity contribution in [2.45, 2.75) is 31.3 Å². The third-order valence-electron chi connectivity index (χ3n) is 5.95. The molecule has 1 heterocycles. The molecule has 0 unspecified atom stereocenters. The third-order valence-corrected chi connectivity index (χ3v) is 7.37. The monoisotopic (exact) mass is 478 g/mol. The molecule has 0 fully saturated rings. The topological polar surface area (TPSA) is 92.8 Å². The summed E-state index contributed by atoms with van der Waals surface area (Å²) >= 11 is 0. The van der Waals surface area contributed by atoms with Crippen LogP contribution >= 0.6 is 0 Å². The minimum Gasteiger partial charge on any atom is -0.497 e. The van der Waals surface area contributed by atoms with Gasteiger partial charge in [0.25, 0.3) is 5.91 Å². The highest BCUT2D eigenvalue weighted by atomic mass is 32.2. The van der Waals surface area contributed by atoms with Crippen molar-refractivity contribution in [3.05, 3.63) is 94.5 Å². The molecule has 0 saturated heterocycles. The number of ether oxygens (including phenoxy) is 1. The number of fused-ring (bicyclic) bond motifs is 1. The highest BCUT2D eigenvalue weighted by Gasteiger charge is 2.22. The lowest BCUT2D eigenvalue weighted by molar-refractivity contribution is 0.0734. The van der Waals surface area contributed by atoms with Crippen molar-refractivity contribution < 1.29 is 22.7 Å². The van der Waals surface area contributed by atoms with Crippen LogP contribution in [0.15, 0.2) is 71.6 Å². The zero-order chi connectivity index (χ0) is 24.3. The lowest BCUT2D eigenvalue weighted by Crippen LogP contribution is -2.36. The first kappa shape index (κ1) is 23.7. The van der Waals surface area contributed by atoms with E-state index in [0.29, 0.717) is 24.2 Å². The molecule has 34 heavy (non-hydrogen) atoms. The van der Waals surface area contributed by atoms with Gasteiger partial charge in [-0.3, -0.25) is 9.59 Å². The minimum atomic E-state index is -3.73. The van der Waals surface area contributed by atoms with Crippen LogP contribution in [0.25, 0.3) is 0 Å². The van der Waals surface area contributed by atoms with Crippen LogP contribution in [0.4, 0.5) is 0 Å². The van der Waals surface area contributed by atoms with Crippen LogP contribution in [0.5, 0.6) is 5.75 Å². The van der Waals surface area contributed by atoms with Crippen molar-refractivity contribution in [2.24, 2.45) is 0 Å². The van der Waals surface area contributed by atoms with E-state index in [0.717, 1.165) is 23.3 Å². The number of amides is 1. The lowest BCUT2D eigenvalue weighted by atomic mass is 9.98. The standard InChI is InChI=1S/C26H26N2O5S/c1-18(29)20-8-11-25(12-9-20)34(31,32)27-16-19-3-5-22(6-4-19)26(30)28-14-13-21-7-10-24(33-2)15-23(21)17-28/h3-12,15,27H,13-14,16-17H2,1-2H3. The molecule has 1 aliphatic heterocycles. The number of hydrogen-bond acceptors (Lipinski definition) is 5. The zero-order valence-corrected chi connectivity index (χ0v) is 19.9. The molecule has 7 nitrogen and oxygen atoms in total. The molecule has 4 rings (SSSR count). The van der Waals surface area contributed by atoms with E-state index in [9.17, 15) is 18.0 Å². The van der Waals surface area contributed by atoms with Crippen LogP contribution in [-0.2, 0) is 29.5 Å². The fourth-order valence-electron chi connectivity index (χ4n) is 3.91. The van der Waals surface area contributed by atoms with E-state index in [1.807, 2.05) is 23.1 Å². The van der Waals surface area contributed by atoms with Crippen LogP contribution in [0.1, 0.15) is 44.3 Å². The Kier molecular flexibility index (Phi) is 6.81. The van der Waals surface area contributed by atoms with Gasteiger partial charge < -0.3 is 9.64 Å². The van der Waals surface area contributed by atoms with Gasteiger partial charge in [0, 0.05) is 30.8 Å². The summed E-state index contributed by atoms with van der Waals surface area (Å²) in [5.74, 6) is 0.584. The number of carbonyl (C=O) groups is 2. The van der Waals surface area contributed by atoms with Gasteiger partial charge >= 0.3 is 0 Å². The van der Waals surface area contributed by atoms with Crippen molar-refractivity contribution in [3.63, 3.8) is 0 Å². The number of methoxy groups -OCH3 is 1. The van der Waals surface area contributed by atoms with Crippen LogP contribution < -0.4 is 9.46 Å². The van der Waals surface area contributed by atoms with Gasteiger partial charge in [-0.1, -0.05) is 30.3 Å². The molecule has 0 aromatic heterocycles. The number of nitrogens with zero attached hydrogens (tertiary/aromatic N) is 1. The predicted octanol–water partition coefficient (Wildman–Crippen LogP) is 3.57. The highest BCUT2D eigenvalue weighted by molar-refractivity contribution is 7.89. The number of Topliss-reactive ketones (excluding diaryl/α,β-unsaturated/α-hetero) is 1. The van der Waals surface area contributed by atoms with Crippen LogP contribution in [0.2, 0.25) is 0 Å². The molecule has 0 radical (unpaired) electrons. The Balaban J connectivity index is 1.39. The van der Waals surface area contributed by atoms with Crippen molar-refractivity contribution in [1.82, 2.24) is 9.62 Å². The van der Waals surface area contributed by atoms with Gasteiger partial charge in [0.1, 0.15) is 5.75 Å². The second-order valence-electron chi connectivity index (χ2n) is 8.21. The Morgan fingerprint density at radius 1 is 0.941 bits per heavy atom. The van der Waals surface area contributed by atoms with Crippen LogP contribution in [-0.4, -0.2) is 38.7 Å². The largest absolute Gasteiger partial charge is 0.497 e. The Morgan fingerprint density at radius 3 is 2.26 bits per heavy atom. The molecule has 1 N–H and O–H groups in total. The van der Waals surface area contributed by atoms with E-state index < -0.39 is 10.0 Å². The summed E-state index contributed by atoms with van der Waals surface area (Å²) in [6.07, 6.45) is 0.790. The van der Waals surface area contributed by atoms with Gasteiger partial charge in [0.05, 0.1) is 12.0 Å². The molecule has 0 saturated carbocycles. The molecule has 0 aliphatic carbocycles. The number of nitrogens with one attached hydrogen (secondary N) is 1. The zero-order valence-electron chi connectivity index (χ0n) is 19.1. The third kappa shape index (κ3) is 5.18. The van der Waals surface area contributed by atoms with Crippen LogP contribution in [0, 0.1) is 0 Å². The van der Waals surface area contributed by atoms with E-state index in [-0.39, 0.29) is 23.1 Å². The van der Waals surface area contributed by atoms with Gasteiger partial charge in [0.15, 0.2) is 5.78 Å². The number of sulfonamides is 1. The Hall–Kier alpha value is -3.49. The maximum absolute atomic E-state index is 13.0. The van der Waals surface area contributed by atoms with E-state index in [1.165, 1.54) is 36.8 Å². The molecule has 0 spiro atoms. The minimum absolute atomic E-state index is 0.0637. The van der Waals surface area contributed by atoms with Crippen molar-refractivity contribution >= 4 is 21.7 Å². The second-order valence-corrected chi connectivity index (χ2v) is 9.98. The molecule has 1 aliphatic rings. The van der Waals surface area contributed by atoms with Gasteiger partial charge in [-0.05, 0) is 66.4 Å². The first-order valence-corrected chi connectivity index (χ1v) is 12.4. The first-order chi connectivity index (χ1) is 16.3. The molecular formula is C26H26N2O5S. The van der Waals surface area contributed by atoms with Gasteiger partial charge in [-0.25, -0.2) is 13.1 Å². The average molecular weight is 479 g/mol. The Bertz CT molecular complexity index is 1320. The molecule has 0 atom stereocenters. The van der Waals surface area contributed by atoms with Crippen molar-refractivity contribution in [1.29, 1.82) is 0 Å². The lowest BCUT2D eigenvalue weighted by Gasteiger charge is -2.29. The second kappa shape index (κ2) is 9.79. The maximum atomic E-state index is 13.0. The molecule has 3 aromatic carbocycles. The summed E-state index contributed by atoms with van der Waals surface area (Å²) in [6.45, 7) is 2.68. The number of hydrogen-bond donors (Lipinski definition) is 1. The fourth-order valence-corrected chi connectivity index (χ4v) is 4.93. The molecule has 1 amide bonds. The SMILES string of the molecule is COc1ccc2c(c1)CN(C(=O)c1ccc(CNS(=O)(=O)c3ccc(C(C)=O)cc3)cc1)CC2. The molecule has 8 heteroatoms. The normalized spacial score (nSPS) is 13.3.